The Balaban J connectivity index is 2.08. The van der Waals surface area contributed by atoms with E-state index in [9.17, 15) is 4.79 Å². The lowest BCUT2D eigenvalue weighted by Crippen LogP contribution is -2.30. The van der Waals surface area contributed by atoms with Gasteiger partial charge in [0.2, 0.25) is 5.91 Å². The fourth-order valence-electron chi connectivity index (χ4n) is 2.39. The second-order valence-corrected chi connectivity index (χ2v) is 5.70. The third-order valence-electron chi connectivity index (χ3n) is 3.44. The Bertz CT molecular complexity index is 459. The summed E-state index contributed by atoms with van der Waals surface area (Å²) >= 11 is 3.42. The summed E-state index contributed by atoms with van der Waals surface area (Å²) in [4.78, 5) is 14.0. The number of carbonyl (C=O) groups excluding carboxylic acids is 1. The van der Waals surface area contributed by atoms with E-state index in [4.69, 9.17) is 10.5 Å². The van der Waals surface area contributed by atoms with Crippen LogP contribution < -0.4 is 10.5 Å². The molecule has 1 aromatic rings. The van der Waals surface area contributed by atoms with Crippen LogP contribution in [0.5, 0.6) is 5.75 Å². The van der Waals surface area contributed by atoms with Crippen molar-refractivity contribution in [1.82, 2.24) is 4.90 Å². The summed E-state index contributed by atoms with van der Waals surface area (Å²) in [7, 11) is 1.61. The number of ether oxygens (including phenoxy) is 1. The molecule has 1 aliphatic heterocycles. The Morgan fingerprint density at radius 2 is 2.16 bits per heavy atom. The Labute approximate surface area is 122 Å². The van der Waals surface area contributed by atoms with Crippen LogP contribution in [0.3, 0.4) is 0 Å². The molecule has 19 heavy (non-hydrogen) atoms. The van der Waals surface area contributed by atoms with E-state index in [1.165, 1.54) is 0 Å². The normalized spacial score (nSPS) is 16.5. The second kappa shape index (κ2) is 6.39. The predicted octanol–water partition coefficient (Wildman–Crippen LogP) is 2.47. The Morgan fingerprint density at radius 3 is 2.79 bits per heavy atom. The van der Waals surface area contributed by atoms with E-state index >= 15 is 0 Å². The Morgan fingerprint density at radius 1 is 1.47 bits per heavy atom. The van der Waals surface area contributed by atoms with Crippen molar-refractivity contribution in [2.45, 2.75) is 25.3 Å². The molecule has 1 amide bonds. The van der Waals surface area contributed by atoms with Gasteiger partial charge in [-0.15, -0.1) is 0 Å². The van der Waals surface area contributed by atoms with E-state index in [1.54, 1.807) is 7.11 Å². The first-order valence-electron chi connectivity index (χ1n) is 6.48. The maximum Gasteiger partial charge on any atom is 0.224 e. The summed E-state index contributed by atoms with van der Waals surface area (Å²) in [5.41, 5.74) is 7.03. The molecule has 1 aromatic carbocycles. The van der Waals surface area contributed by atoms with Gasteiger partial charge in [-0.05, 0) is 31.0 Å². The Hall–Kier alpha value is -1.07. The van der Waals surface area contributed by atoms with Crippen molar-refractivity contribution in [2.24, 2.45) is 5.73 Å². The SMILES string of the molecule is COc1ccc(Br)cc1C(N)CC(=O)N1CCCC1. The summed E-state index contributed by atoms with van der Waals surface area (Å²) in [6, 6.07) is 5.35. The van der Waals surface area contributed by atoms with Gasteiger partial charge < -0.3 is 15.4 Å². The molecule has 1 unspecified atom stereocenters. The average Bonchev–Trinajstić information content (AvgIpc) is 2.92. The quantitative estimate of drug-likeness (QED) is 0.924. The number of hydrogen-bond donors (Lipinski definition) is 1. The zero-order valence-corrected chi connectivity index (χ0v) is 12.6. The standard InChI is InChI=1S/C14H19BrN2O2/c1-19-13-5-4-10(15)8-11(13)12(16)9-14(18)17-6-2-3-7-17/h4-5,8,12H,2-3,6-7,9,16H2,1H3. The molecule has 4 nitrogen and oxygen atoms in total. The van der Waals surface area contributed by atoms with Crippen molar-refractivity contribution in [3.05, 3.63) is 28.2 Å². The first-order valence-corrected chi connectivity index (χ1v) is 7.28. The van der Waals surface area contributed by atoms with Crippen LogP contribution in [0.25, 0.3) is 0 Å². The molecule has 0 aromatic heterocycles. The van der Waals surface area contributed by atoms with Crippen LogP contribution in [0.4, 0.5) is 0 Å². The maximum atomic E-state index is 12.1. The van der Waals surface area contributed by atoms with Gasteiger partial charge in [-0.3, -0.25) is 4.79 Å². The van der Waals surface area contributed by atoms with Gasteiger partial charge in [0.05, 0.1) is 7.11 Å². The predicted molar refractivity (Wildman–Crippen MR) is 78.1 cm³/mol. The molecule has 1 heterocycles. The lowest BCUT2D eigenvalue weighted by atomic mass is 10.0. The summed E-state index contributed by atoms with van der Waals surface area (Å²) < 4.78 is 6.24. The minimum Gasteiger partial charge on any atom is -0.496 e. The van der Waals surface area contributed by atoms with Gasteiger partial charge in [-0.25, -0.2) is 0 Å². The molecule has 0 aliphatic carbocycles. The van der Waals surface area contributed by atoms with Crippen molar-refractivity contribution < 1.29 is 9.53 Å². The molecule has 2 rings (SSSR count). The molecule has 104 valence electrons. The molecule has 5 heteroatoms. The fourth-order valence-corrected chi connectivity index (χ4v) is 2.77. The second-order valence-electron chi connectivity index (χ2n) is 4.78. The molecule has 1 atom stereocenters. The molecular weight excluding hydrogens is 308 g/mol. The number of nitrogens with two attached hydrogens (primary N) is 1. The summed E-state index contributed by atoms with van der Waals surface area (Å²) in [6.45, 7) is 1.72. The van der Waals surface area contributed by atoms with Crippen LogP contribution in [-0.4, -0.2) is 31.0 Å². The van der Waals surface area contributed by atoms with Crippen LogP contribution in [0.1, 0.15) is 30.9 Å². The van der Waals surface area contributed by atoms with E-state index < -0.39 is 0 Å². The first-order chi connectivity index (χ1) is 9.11. The molecule has 1 saturated heterocycles. The lowest BCUT2D eigenvalue weighted by molar-refractivity contribution is -0.130. The third kappa shape index (κ3) is 3.48. The minimum atomic E-state index is -0.333. The van der Waals surface area contributed by atoms with Gasteiger partial charge in [0, 0.05) is 35.6 Å². The van der Waals surface area contributed by atoms with Crippen molar-refractivity contribution in [3.63, 3.8) is 0 Å². The summed E-state index contributed by atoms with van der Waals surface area (Å²) in [5.74, 6) is 0.858. The number of hydrogen-bond acceptors (Lipinski definition) is 3. The lowest BCUT2D eigenvalue weighted by Gasteiger charge is -2.20. The number of rotatable bonds is 4. The number of carbonyl (C=O) groups is 1. The number of benzene rings is 1. The largest absolute Gasteiger partial charge is 0.496 e. The van der Waals surface area contributed by atoms with Gasteiger partial charge in [0.15, 0.2) is 0 Å². The van der Waals surface area contributed by atoms with Gasteiger partial charge in [-0.2, -0.15) is 0 Å². The van der Waals surface area contributed by atoms with Crippen LogP contribution in [0, 0.1) is 0 Å². The van der Waals surface area contributed by atoms with Crippen molar-refractivity contribution in [3.8, 4) is 5.75 Å². The zero-order chi connectivity index (χ0) is 13.8. The summed E-state index contributed by atoms with van der Waals surface area (Å²) in [5, 5.41) is 0. The number of amides is 1. The van der Waals surface area contributed by atoms with Crippen molar-refractivity contribution in [2.75, 3.05) is 20.2 Å². The number of halogens is 1. The van der Waals surface area contributed by atoms with Gasteiger partial charge >= 0.3 is 0 Å². The molecule has 0 bridgehead atoms. The zero-order valence-electron chi connectivity index (χ0n) is 11.1. The molecule has 0 saturated carbocycles. The van der Waals surface area contributed by atoms with Crippen molar-refractivity contribution >= 4 is 21.8 Å². The van der Waals surface area contributed by atoms with Gasteiger partial charge in [0.25, 0.3) is 0 Å². The maximum absolute atomic E-state index is 12.1. The van der Waals surface area contributed by atoms with E-state index in [0.717, 1.165) is 41.7 Å². The number of nitrogens with zero attached hydrogens (tertiary/aromatic N) is 1. The molecule has 1 fully saturated rings. The first kappa shape index (κ1) is 14.3. The van der Waals surface area contributed by atoms with Gasteiger partial charge in [-0.1, -0.05) is 15.9 Å². The van der Waals surface area contributed by atoms with Crippen LogP contribution in [0.15, 0.2) is 22.7 Å². The molecule has 0 spiro atoms. The van der Waals surface area contributed by atoms with Gasteiger partial charge in [0.1, 0.15) is 5.75 Å². The van der Waals surface area contributed by atoms with E-state index in [0.29, 0.717) is 6.42 Å². The highest BCUT2D eigenvalue weighted by Crippen LogP contribution is 2.29. The van der Waals surface area contributed by atoms with E-state index in [2.05, 4.69) is 15.9 Å². The van der Waals surface area contributed by atoms with Crippen LogP contribution >= 0.6 is 15.9 Å². The van der Waals surface area contributed by atoms with E-state index in [1.807, 2.05) is 23.1 Å². The fraction of sp³-hybridized carbons (Fsp3) is 0.500. The van der Waals surface area contributed by atoms with Crippen LogP contribution in [0.2, 0.25) is 0 Å². The molecule has 0 radical (unpaired) electrons. The average molecular weight is 327 g/mol. The van der Waals surface area contributed by atoms with E-state index in [-0.39, 0.29) is 11.9 Å². The van der Waals surface area contributed by atoms with Crippen molar-refractivity contribution in [1.29, 1.82) is 0 Å². The highest BCUT2D eigenvalue weighted by atomic mass is 79.9. The minimum absolute atomic E-state index is 0.132. The topological polar surface area (TPSA) is 55.6 Å². The monoisotopic (exact) mass is 326 g/mol. The smallest absolute Gasteiger partial charge is 0.224 e. The number of likely N-dealkylation sites (tertiary alicyclic amines) is 1. The number of methoxy groups -OCH3 is 1. The molecule has 1 aliphatic rings. The highest BCUT2D eigenvalue weighted by Gasteiger charge is 2.22. The Kier molecular flexibility index (Phi) is 4.82. The third-order valence-corrected chi connectivity index (χ3v) is 3.94. The molecular formula is C14H19BrN2O2. The summed E-state index contributed by atoms with van der Waals surface area (Å²) in [6.07, 6.45) is 2.52. The van der Waals surface area contributed by atoms with Crippen LogP contribution in [-0.2, 0) is 4.79 Å². The highest BCUT2D eigenvalue weighted by molar-refractivity contribution is 9.10. The molecule has 2 N–H and O–H groups in total.